The van der Waals surface area contributed by atoms with E-state index in [1.807, 2.05) is 0 Å². The minimum Gasteiger partial charge on any atom is -0.465 e. The standard InChI is InChI=1S/C11H7Cl2FN4O2/c12-6-4-15-10(13)18-9(6)17-8-3-5(16-11(19)20)1-2-7(8)14/h1-4,16H,(H,19,20)(H,15,17,18). The lowest BCUT2D eigenvalue weighted by molar-refractivity contribution is 0.210. The number of nitrogens with one attached hydrogen (secondary N) is 2. The van der Waals surface area contributed by atoms with E-state index in [1.165, 1.54) is 18.3 Å². The number of rotatable bonds is 3. The second-order valence-corrected chi connectivity index (χ2v) is 4.33. The van der Waals surface area contributed by atoms with E-state index in [-0.39, 0.29) is 27.5 Å². The summed E-state index contributed by atoms with van der Waals surface area (Å²) in [6.45, 7) is 0. The molecule has 104 valence electrons. The summed E-state index contributed by atoms with van der Waals surface area (Å²) in [5.74, 6) is -0.496. The van der Waals surface area contributed by atoms with Crippen LogP contribution in [0.1, 0.15) is 0 Å². The predicted molar refractivity (Wildman–Crippen MR) is 73.4 cm³/mol. The van der Waals surface area contributed by atoms with Crippen molar-refractivity contribution < 1.29 is 14.3 Å². The molecule has 0 saturated carbocycles. The Balaban J connectivity index is 2.32. The molecule has 0 spiro atoms. The molecule has 1 heterocycles. The summed E-state index contributed by atoms with van der Waals surface area (Å²) < 4.78 is 13.7. The van der Waals surface area contributed by atoms with Crippen LogP contribution in [0.5, 0.6) is 0 Å². The molecule has 0 saturated heterocycles. The highest BCUT2D eigenvalue weighted by Gasteiger charge is 2.10. The van der Waals surface area contributed by atoms with Crippen LogP contribution < -0.4 is 10.6 Å². The number of hydrogen-bond acceptors (Lipinski definition) is 4. The number of carboxylic acid groups (broad SMARTS) is 1. The first kappa shape index (κ1) is 14.3. The molecule has 0 fully saturated rings. The number of amides is 1. The normalized spacial score (nSPS) is 10.2. The zero-order valence-corrected chi connectivity index (χ0v) is 11.2. The van der Waals surface area contributed by atoms with Gasteiger partial charge in [-0.05, 0) is 29.8 Å². The van der Waals surface area contributed by atoms with Gasteiger partial charge < -0.3 is 10.4 Å². The molecule has 0 aliphatic heterocycles. The van der Waals surface area contributed by atoms with Crippen molar-refractivity contribution in [2.45, 2.75) is 0 Å². The van der Waals surface area contributed by atoms with E-state index in [9.17, 15) is 9.18 Å². The van der Waals surface area contributed by atoms with Crippen LogP contribution in [0.2, 0.25) is 10.3 Å². The molecule has 20 heavy (non-hydrogen) atoms. The maximum atomic E-state index is 13.7. The zero-order chi connectivity index (χ0) is 14.7. The van der Waals surface area contributed by atoms with Gasteiger partial charge in [0.2, 0.25) is 5.28 Å². The molecule has 0 aliphatic carbocycles. The first-order chi connectivity index (χ1) is 9.45. The smallest absolute Gasteiger partial charge is 0.409 e. The number of halogens is 3. The maximum Gasteiger partial charge on any atom is 0.409 e. The quantitative estimate of drug-likeness (QED) is 0.750. The third-order valence-corrected chi connectivity index (χ3v) is 2.64. The fourth-order valence-corrected chi connectivity index (χ4v) is 1.65. The summed E-state index contributed by atoms with van der Waals surface area (Å²) >= 11 is 11.5. The van der Waals surface area contributed by atoms with Crippen molar-refractivity contribution in [3.63, 3.8) is 0 Å². The minimum atomic E-state index is -1.26. The van der Waals surface area contributed by atoms with Crippen LogP contribution >= 0.6 is 23.2 Å². The van der Waals surface area contributed by atoms with Gasteiger partial charge in [0.1, 0.15) is 10.8 Å². The molecule has 3 N–H and O–H groups in total. The van der Waals surface area contributed by atoms with Gasteiger partial charge in [-0.2, -0.15) is 4.98 Å². The Morgan fingerprint density at radius 1 is 1.35 bits per heavy atom. The first-order valence-corrected chi connectivity index (χ1v) is 5.96. The Morgan fingerprint density at radius 2 is 2.10 bits per heavy atom. The van der Waals surface area contributed by atoms with Crippen molar-refractivity contribution in [3.05, 3.63) is 40.5 Å². The van der Waals surface area contributed by atoms with Gasteiger partial charge in [-0.25, -0.2) is 14.2 Å². The highest BCUT2D eigenvalue weighted by atomic mass is 35.5. The SMILES string of the molecule is O=C(O)Nc1ccc(F)c(Nc2nc(Cl)ncc2Cl)c1. The molecule has 2 rings (SSSR count). The Bertz CT molecular complexity index is 669. The van der Waals surface area contributed by atoms with Gasteiger partial charge in [0.15, 0.2) is 5.82 Å². The van der Waals surface area contributed by atoms with Crippen molar-refractivity contribution in [3.8, 4) is 0 Å². The maximum absolute atomic E-state index is 13.7. The number of nitrogens with zero attached hydrogens (tertiary/aromatic N) is 2. The van der Waals surface area contributed by atoms with Gasteiger partial charge in [-0.3, -0.25) is 5.32 Å². The van der Waals surface area contributed by atoms with E-state index in [0.717, 1.165) is 6.07 Å². The van der Waals surface area contributed by atoms with Crippen LogP contribution in [-0.2, 0) is 0 Å². The molecule has 9 heteroatoms. The van der Waals surface area contributed by atoms with Gasteiger partial charge in [0.25, 0.3) is 0 Å². The fourth-order valence-electron chi connectivity index (χ4n) is 1.38. The molecule has 0 bridgehead atoms. The first-order valence-electron chi connectivity index (χ1n) is 5.20. The number of benzene rings is 1. The molecule has 0 radical (unpaired) electrons. The van der Waals surface area contributed by atoms with Crippen LogP contribution in [-0.4, -0.2) is 21.2 Å². The lowest BCUT2D eigenvalue weighted by atomic mass is 10.2. The average molecular weight is 317 g/mol. The Labute approximate surface area is 122 Å². The lowest BCUT2D eigenvalue weighted by Crippen LogP contribution is -2.08. The second-order valence-electron chi connectivity index (χ2n) is 3.59. The number of aromatic nitrogens is 2. The highest BCUT2D eigenvalue weighted by molar-refractivity contribution is 6.33. The van der Waals surface area contributed by atoms with Crippen molar-refractivity contribution in [2.24, 2.45) is 0 Å². The van der Waals surface area contributed by atoms with Crippen LogP contribution in [0.15, 0.2) is 24.4 Å². The van der Waals surface area contributed by atoms with Crippen LogP contribution in [0, 0.1) is 5.82 Å². The Kier molecular flexibility index (Phi) is 4.21. The Hall–Kier alpha value is -2.12. The van der Waals surface area contributed by atoms with E-state index in [2.05, 4.69) is 20.6 Å². The fraction of sp³-hybridized carbons (Fsp3) is 0. The molecule has 1 aromatic heterocycles. The van der Waals surface area contributed by atoms with E-state index >= 15 is 0 Å². The largest absolute Gasteiger partial charge is 0.465 e. The third kappa shape index (κ3) is 3.46. The number of carbonyl (C=O) groups is 1. The summed E-state index contributed by atoms with van der Waals surface area (Å²) in [5.41, 5.74) is 0.186. The van der Waals surface area contributed by atoms with Crippen molar-refractivity contribution in [2.75, 3.05) is 10.6 Å². The Morgan fingerprint density at radius 3 is 2.80 bits per heavy atom. The van der Waals surface area contributed by atoms with E-state index in [4.69, 9.17) is 28.3 Å². The van der Waals surface area contributed by atoms with Crippen molar-refractivity contribution >= 4 is 46.5 Å². The van der Waals surface area contributed by atoms with Gasteiger partial charge in [0, 0.05) is 5.69 Å². The minimum absolute atomic E-state index is 0.00656. The lowest BCUT2D eigenvalue weighted by Gasteiger charge is -2.10. The molecule has 2 aromatic rings. The highest BCUT2D eigenvalue weighted by Crippen LogP contribution is 2.27. The molecule has 0 unspecified atom stereocenters. The summed E-state index contributed by atoms with van der Waals surface area (Å²) in [7, 11) is 0. The molecule has 1 amide bonds. The van der Waals surface area contributed by atoms with E-state index in [0.29, 0.717) is 0 Å². The van der Waals surface area contributed by atoms with E-state index in [1.54, 1.807) is 0 Å². The summed E-state index contributed by atoms with van der Waals surface area (Å²) in [6.07, 6.45) is 0.00176. The molecular weight excluding hydrogens is 310 g/mol. The third-order valence-electron chi connectivity index (χ3n) is 2.19. The molecule has 6 nitrogen and oxygen atoms in total. The zero-order valence-electron chi connectivity index (χ0n) is 9.69. The van der Waals surface area contributed by atoms with Crippen molar-refractivity contribution in [1.82, 2.24) is 9.97 Å². The van der Waals surface area contributed by atoms with Crippen LogP contribution in [0.25, 0.3) is 0 Å². The summed E-state index contributed by atoms with van der Waals surface area (Å²) in [6, 6.07) is 3.64. The summed E-state index contributed by atoms with van der Waals surface area (Å²) in [5, 5.41) is 13.4. The van der Waals surface area contributed by atoms with Crippen LogP contribution in [0.3, 0.4) is 0 Å². The topological polar surface area (TPSA) is 87.1 Å². The van der Waals surface area contributed by atoms with Gasteiger partial charge in [-0.15, -0.1) is 0 Å². The molecule has 0 aliphatic rings. The molecule has 1 aromatic carbocycles. The molecule has 0 atom stereocenters. The molecular formula is C11H7Cl2FN4O2. The number of hydrogen-bond donors (Lipinski definition) is 3. The van der Waals surface area contributed by atoms with E-state index < -0.39 is 11.9 Å². The van der Waals surface area contributed by atoms with Crippen LogP contribution in [0.4, 0.5) is 26.4 Å². The monoisotopic (exact) mass is 316 g/mol. The van der Waals surface area contributed by atoms with Gasteiger partial charge in [0.05, 0.1) is 11.9 Å². The second kappa shape index (κ2) is 5.89. The van der Waals surface area contributed by atoms with Crippen molar-refractivity contribution in [1.29, 1.82) is 0 Å². The summed E-state index contributed by atoms with van der Waals surface area (Å²) in [4.78, 5) is 18.0. The van der Waals surface area contributed by atoms with Gasteiger partial charge in [-0.1, -0.05) is 11.6 Å². The average Bonchev–Trinajstić information content (AvgIpc) is 2.37. The number of anilines is 3. The predicted octanol–water partition coefficient (Wildman–Crippen LogP) is 3.76. The van der Waals surface area contributed by atoms with Gasteiger partial charge >= 0.3 is 6.09 Å².